The smallest absolute Gasteiger partial charge is 0.347 e. The Hall–Kier alpha value is -4.11. The number of aromatic nitrogens is 1. The number of carbonyl (C=O) groups is 1. The second-order valence-electron chi connectivity index (χ2n) is 7.28. The summed E-state index contributed by atoms with van der Waals surface area (Å²) < 4.78 is 11.0. The van der Waals surface area contributed by atoms with E-state index in [1.54, 1.807) is 31.5 Å². The maximum atomic E-state index is 12.6. The van der Waals surface area contributed by atoms with E-state index in [-0.39, 0.29) is 36.2 Å². The molecule has 9 nitrogen and oxygen atoms in total. The number of hydrogen-bond acceptors (Lipinski definition) is 9. The third kappa shape index (κ3) is 4.58. The van der Waals surface area contributed by atoms with Crippen molar-refractivity contribution < 1.29 is 24.2 Å². The van der Waals surface area contributed by atoms with Crippen molar-refractivity contribution in [3.63, 3.8) is 0 Å². The molecule has 33 heavy (non-hydrogen) atoms. The van der Waals surface area contributed by atoms with Crippen molar-refractivity contribution in [2.45, 2.75) is 13.8 Å². The topological polar surface area (TPSA) is 129 Å². The van der Waals surface area contributed by atoms with Crippen LogP contribution < -0.4 is 10.6 Å². The third-order valence-electron chi connectivity index (χ3n) is 5.01. The molecular weight excluding hydrogens is 424 g/mol. The Kier molecular flexibility index (Phi) is 6.41. The molecule has 0 saturated carbocycles. The fourth-order valence-electron chi connectivity index (χ4n) is 3.44. The van der Waals surface area contributed by atoms with Crippen LogP contribution >= 0.6 is 0 Å². The SMILES string of the molecule is CCOC(=O)c1c(Nc2ccc(NCCO)cc2C)oc(C=C2C=Nc3ncccc32)c1O. The molecular formula is C24H24N4O5. The fraction of sp³-hybridized carbons (Fsp3) is 0.208. The summed E-state index contributed by atoms with van der Waals surface area (Å²) in [6.45, 7) is 4.19. The van der Waals surface area contributed by atoms with Gasteiger partial charge in [0.05, 0.1) is 13.2 Å². The molecule has 0 bridgehead atoms. The van der Waals surface area contributed by atoms with E-state index >= 15 is 0 Å². The van der Waals surface area contributed by atoms with Crippen LogP contribution in [0.5, 0.6) is 5.75 Å². The lowest BCUT2D eigenvalue weighted by Gasteiger charge is -2.11. The molecule has 170 valence electrons. The number of ether oxygens (including phenoxy) is 1. The number of aliphatic hydroxyl groups excluding tert-OH is 1. The van der Waals surface area contributed by atoms with Crippen LogP contribution in [0.25, 0.3) is 11.6 Å². The molecule has 0 unspecified atom stereocenters. The zero-order chi connectivity index (χ0) is 23.4. The monoisotopic (exact) mass is 448 g/mol. The van der Waals surface area contributed by atoms with E-state index in [0.717, 1.165) is 16.8 Å². The molecule has 0 spiro atoms. The van der Waals surface area contributed by atoms with E-state index in [9.17, 15) is 9.90 Å². The zero-order valence-electron chi connectivity index (χ0n) is 18.3. The number of aliphatic hydroxyl groups is 1. The molecule has 9 heteroatoms. The van der Waals surface area contributed by atoms with Gasteiger partial charge in [0, 0.05) is 41.5 Å². The lowest BCUT2D eigenvalue weighted by atomic mass is 10.1. The molecule has 2 aromatic heterocycles. The number of fused-ring (bicyclic) bond motifs is 1. The molecule has 0 saturated heterocycles. The summed E-state index contributed by atoms with van der Waals surface area (Å²) in [5.41, 5.74) is 3.79. The molecule has 1 aromatic carbocycles. The fourth-order valence-corrected chi connectivity index (χ4v) is 3.44. The Bertz CT molecular complexity index is 1250. The Labute approximate surface area is 190 Å². The molecule has 3 heterocycles. The van der Waals surface area contributed by atoms with E-state index < -0.39 is 5.97 Å². The van der Waals surface area contributed by atoms with Gasteiger partial charge >= 0.3 is 5.97 Å². The van der Waals surface area contributed by atoms with E-state index in [1.807, 2.05) is 31.2 Å². The number of aromatic hydroxyl groups is 1. The first-order valence-corrected chi connectivity index (χ1v) is 10.5. The lowest BCUT2D eigenvalue weighted by Crippen LogP contribution is -2.07. The molecule has 0 radical (unpaired) electrons. The zero-order valence-corrected chi connectivity index (χ0v) is 18.3. The first-order chi connectivity index (χ1) is 16.0. The minimum Gasteiger partial charge on any atom is -0.504 e. The Morgan fingerprint density at radius 2 is 2.15 bits per heavy atom. The minimum absolute atomic E-state index is 0.0250. The number of anilines is 3. The number of carbonyl (C=O) groups excluding carboxylic acids is 1. The summed E-state index contributed by atoms with van der Waals surface area (Å²) in [4.78, 5) is 21.1. The van der Waals surface area contributed by atoms with Gasteiger partial charge in [0.25, 0.3) is 0 Å². The molecule has 1 aliphatic rings. The van der Waals surface area contributed by atoms with Crippen LogP contribution in [0.1, 0.15) is 34.2 Å². The van der Waals surface area contributed by atoms with Crippen LogP contribution in [0.3, 0.4) is 0 Å². The number of aliphatic imine (C=N–C) groups is 1. The number of nitrogens with zero attached hydrogens (tertiary/aromatic N) is 2. The number of hydrogen-bond donors (Lipinski definition) is 4. The van der Waals surface area contributed by atoms with Gasteiger partial charge < -0.3 is 30.0 Å². The van der Waals surface area contributed by atoms with Gasteiger partial charge in [-0.15, -0.1) is 0 Å². The van der Waals surface area contributed by atoms with Crippen molar-refractivity contribution in [1.82, 2.24) is 4.98 Å². The minimum atomic E-state index is -0.702. The van der Waals surface area contributed by atoms with Crippen molar-refractivity contribution in [1.29, 1.82) is 0 Å². The summed E-state index contributed by atoms with van der Waals surface area (Å²) in [6, 6.07) is 9.20. The van der Waals surface area contributed by atoms with E-state index in [4.69, 9.17) is 14.3 Å². The van der Waals surface area contributed by atoms with E-state index in [0.29, 0.717) is 23.6 Å². The molecule has 0 fully saturated rings. The highest BCUT2D eigenvalue weighted by Gasteiger charge is 2.27. The van der Waals surface area contributed by atoms with Gasteiger partial charge in [-0.3, -0.25) is 0 Å². The van der Waals surface area contributed by atoms with Crippen molar-refractivity contribution in [2.24, 2.45) is 4.99 Å². The number of aryl methyl sites for hydroxylation is 1. The maximum absolute atomic E-state index is 12.6. The lowest BCUT2D eigenvalue weighted by molar-refractivity contribution is 0.0524. The van der Waals surface area contributed by atoms with Crippen molar-refractivity contribution in [3.05, 3.63) is 59.0 Å². The number of esters is 1. The highest BCUT2D eigenvalue weighted by Crippen LogP contribution is 2.39. The second-order valence-corrected chi connectivity index (χ2v) is 7.28. The normalized spacial score (nSPS) is 13.2. The van der Waals surface area contributed by atoms with Crippen LogP contribution in [0.15, 0.2) is 45.9 Å². The molecule has 3 aromatic rings. The number of benzene rings is 1. The van der Waals surface area contributed by atoms with Crippen molar-refractivity contribution in [3.8, 4) is 5.75 Å². The third-order valence-corrected chi connectivity index (χ3v) is 5.01. The summed E-state index contributed by atoms with van der Waals surface area (Å²) in [6.07, 6.45) is 4.88. The first-order valence-electron chi connectivity index (χ1n) is 10.5. The molecule has 4 rings (SSSR count). The highest BCUT2D eigenvalue weighted by atomic mass is 16.5. The van der Waals surface area contributed by atoms with Crippen molar-refractivity contribution >= 4 is 46.9 Å². The van der Waals surface area contributed by atoms with Crippen LogP contribution in [0.2, 0.25) is 0 Å². The second kappa shape index (κ2) is 9.58. The van der Waals surface area contributed by atoms with Crippen molar-refractivity contribution in [2.75, 3.05) is 30.4 Å². The van der Waals surface area contributed by atoms with Gasteiger partial charge in [-0.25, -0.2) is 14.8 Å². The Balaban J connectivity index is 1.70. The van der Waals surface area contributed by atoms with E-state index in [2.05, 4.69) is 20.6 Å². The Morgan fingerprint density at radius 1 is 1.30 bits per heavy atom. The van der Waals surface area contributed by atoms with Gasteiger partial charge in [0.15, 0.2) is 22.9 Å². The van der Waals surface area contributed by atoms with Crippen LogP contribution in [-0.4, -0.2) is 47.1 Å². The number of rotatable bonds is 8. The molecule has 4 N–H and O–H groups in total. The summed E-state index contributed by atoms with van der Waals surface area (Å²) in [5, 5.41) is 26.0. The van der Waals surface area contributed by atoms with Gasteiger partial charge in [-0.1, -0.05) is 0 Å². The summed E-state index contributed by atoms with van der Waals surface area (Å²) in [5.74, 6) is -0.291. The highest BCUT2D eigenvalue weighted by molar-refractivity contribution is 6.21. The first kappa shape index (κ1) is 22.1. The average molecular weight is 448 g/mol. The number of nitrogens with one attached hydrogen (secondary N) is 2. The van der Waals surface area contributed by atoms with Gasteiger partial charge in [0.2, 0.25) is 5.88 Å². The molecule has 0 amide bonds. The van der Waals surface area contributed by atoms with Crippen LogP contribution in [0.4, 0.5) is 23.1 Å². The number of pyridine rings is 1. The molecule has 1 aliphatic heterocycles. The quantitative estimate of drug-likeness (QED) is 0.376. The predicted octanol–water partition coefficient (Wildman–Crippen LogP) is 4.27. The molecule has 0 aliphatic carbocycles. The average Bonchev–Trinajstić information content (AvgIpc) is 3.35. The predicted molar refractivity (Wildman–Crippen MR) is 127 cm³/mol. The molecule has 0 atom stereocenters. The van der Waals surface area contributed by atoms with E-state index in [1.165, 1.54) is 0 Å². The number of furan rings is 1. The summed E-state index contributed by atoms with van der Waals surface area (Å²) >= 11 is 0. The van der Waals surface area contributed by atoms with Gasteiger partial charge in [-0.2, -0.15) is 0 Å². The standard InChI is InChI=1S/C24H24N4O5/c1-3-32-24(31)20-21(30)19(12-15-13-27-22-17(15)5-4-8-26-22)33-23(20)28-18-7-6-16(11-14(18)2)25-9-10-29/h4-8,11-13,25,28-30H,3,9-10H2,1-2H3. The largest absolute Gasteiger partial charge is 0.504 e. The van der Waals surface area contributed by atoms with Gasteiger partial charge in [0.1, 0.15) is 0 Å². The number of allylic oxidation sites excluding steroid dienone is 1. The maximum Gasteiger partial charge on any atom is 0.347 e. The Morgan fingerprint density at radius 3 is 2.91 bits per heavy atom. The van der Waals surface area contributed by atoms with Crippen LogP contribution in [-0.2, 0) is 4.74 Å². The van der Waals surface area contributed by atoms with Gasteiger partial charge in [-0.05, 0) is 55.8 Å². The summed E-state index contributed by atoms with van der Waals surface area (Å²) in [7, 11) is 0. The van der Waals surface area contributed by atoms with Crippen LogP contribution in [0, 0.1) is 6.92 Å².